The van der Waals surface area contributed by atoms with Gasteiger partial charge in [-0.2, -0.15) is 0 Å². The zero-order chi connectivity index (χ0) is 15.7. The second-order valence-electron chi connectivity index (χ2n) is 6.78. The summed E-state index contributed by atoms with van der Waals surface area (Å²) in [4.78, 5) is 14.5. The number of hydrogen-bond acceptors (Lipinski definition) is 3. The number of nitrogens with one attached hydrogen (secondary N) is 1. The highest BCUT2D eigenvalue weighted by Gasteiger charge is 2.48. The number of rotatable bonds is 3. The third kappa shape index (κ3) is 2.79. The van der Waals surface area contributed by atoms with Gasteiger partial charge in [0.1, 0.15) is 0 Å². The SMILES string of the molecule is O=C1CC(c2ccccc2)C2(CCN(Cc3ccoc3)CC2)N1. The van der Waals surface area contributed by atoms with E-state index in [1.54, 1.807) is 6.26 Å². The average Bonchev–Trinajstić information content (AvgIpc) is 3.19. The first-order valence-electron chi connectivity index (χ1n) is 8.35. The molecule has 120 valence electrons. The van der Waals surface area contributed by atoms with Crippen LogP contribution >= 0.6 is 0 Å². The summed E-state index contributed by atoms with van der Waals surface area (Å²) in [5.41, 5.74) is 2.44. The van der Waals surface area contributed by atoms with E-state index in [4.69, 9.17) is 4.42 Å². The standard InChI is InChI=1S/C19H22N2O2/c22-18-12-17(16-4-2-1-3-5-16)19(20-18)7-9-21(10-8-19)13-15-6-11-23-14-15/h1-6,11,14,17H,7-10,12-13H2,(H,20,22). The van der Waals surface area contributed by atoms with Crippen LogP contribution in [-0.2, 0) is 11.3 Å². The monoisotopic (exact) mass is 310 g/mol. The van der Waals surface area contributed by atoms with E-state index in [2.05, 4.69) is 34.5 Å². The molecule has 1 unspecified atom stereocenters. The van der Waals surface area contributed by atoms with E-state index in [-0.39, 0.29) is 11.4 Å². The highest BCUT2D eigenvalue weighted by atomic mass is 16.3. The lowest BCUT2D eigenvalue weighted by molar-refractivity contribution is -0.120. The van der Waals surface area contributed by atoms with E-state index in [1.165, 1.54) is 11.1 Å². The average molecular weight is 310 g/mol. The quantitative estimate of drug-likeness (QED) is 0.948. The molecule has 2 aliphatic heterocycles. The summed E-state index contributed by atoms with van der Waals surface area (Å²) in [5, 5.41) is 3.31. The van der Waals surface area contributed by atoms with E-state index in [0.717, 1.165) is 32.5 Å². The number of carbonyl (C=O) groups is 1. The zero-order valence-corrected chi connectivity index (χ0v) is 13.2. The minimum atomic E-state index is -0.0642. The molecule has 2 saturated heterocycles. The van der Waals surface area contributed by atoms with Gasteiger partial charge < -0.3 is 9.73 Å². The molecule has 0 radical (unpaired) electrons. The topological polar surface area (TPSA) is 45.5 Å². The van der Waals surface area contributed by atoms with Crippen LogP contribution in [-0.4, -0.2) is 29.4 Å². The lowest BCUT2D eigenvalue weighted by atomic mass is 9.74. The Bertz CT molecular complexity index is 658. The first-order chi connectivity index (χ1) is 11.3. The molecule has 1 atom stereocenters. The van der Waals surface area contributed by atoms with Gasteiger partial charge in [0.15, 0.2) is 0 Å². The molecule has 2 fully saturated rings. The van der Waals surface area contributed by atoms with E-state index in [1.807, 2.05) is 18.4 Å². The van der Waals surface area contributed by atoms with Gasteiger partial charge in [-0.05, 0) is 24.5 Å². The van der Waals surface area contributed by atoms with Crippen LogP contribution < -0.4 is 5.32 Å². The van der Waals surface area contributed by atoms with Crippen molar-refractivity contribution in [2.24, 2.45) is 0 Å². The summed E-state index contributed by atoms with van der Waals surface area (Å²) < 4.78 is 5.15. The Morgan fingerprint density at radius 2 is 1.96 bits per heavy atom. The number of nitrogens with zero attached hydrogens (tertiary/aromatic N) is 1. The summed E-state index contributed by atoms with van der Waals surface area (Å²) in [6.07, 6.45) is 6.18. The van der Waals surface area contributed by atoms with E-state index in [0.29, 0.717) is 12.3 Å². The number of benzene rings is 1. The van der Waals surface area contributed by atoms with Crippen LogP contribution in [0.25, 0.3) is 0 Å². The molecule has 1 spiro atoms. The van der Waals surface area contributed by atoms with Crippen molar-refractivity contribution in [1.29, 1.82) is 0 Å². The highest BCUT2D eigenvalue weighted by Crippen LogP contribution is 2.43. The largest absolute Gasteiger partial charge is 0.472 e. The predicted octanol–water partition coefficient (Wildman–Crippen LogP) is 2.92. The maximum Gasteiger partial charge on any atom is 0.221 e. The van der Waals surface area contributed by atoms with Gasteiger partial charge in [-0.3, -0.25) is 9.69 Å². The predicted molar refractivity (Wildman–Crippen MR) is 87.9 cm³/mol. The van der Waals surface area contributed by atoms with Gasteiger partial charge in [-0.25, -0.2) is 0 Å². The number of carbonyl (C=O) groups excluding carboxylic acids is 1. The molecule has 4 heteroatoms. The summed E-state index contributed by atoms with van der Waals surface area (Å²) in [5.74, 6) is 0.495. The van der Waals surface area contributed by atoms with Crippen LogP contribution in [0.1, 0.15) is 36.3 Å². The molecule has 0 bridgehead atoms. The Hall–Kier alpha value is -2.07. The van der Waals surface area contributed by atoms with E-state index >= 15 is 0 Å². The minimum absolute atomic E-state index is 0.0642. The van der Waals surface area contributed by atoms with Crippen molar-refractivity contribution in [2.45, 2.75) is 37.3 Å². The first-order valence-corrected chi connectivity index (χ1v) is 8.35. The normalized spacial score (nSPS) is 24.0. The van der Waals surface area contributed by atoms with Crippen molar-refractivity contribution < 1.29 is 9.21 Å². The van der Waals surface area contributed by atoms with Crippen molar-refractivity contribution in [3.05, 3.63) is 60.1 Å². The molecule has 4 nitrogen and oxygen atoms in total. The molecule has 4 rings (SSSR count). The first kappa shape index (κ1) is 14.5. The molecule has 1 amide bonds. The Balaban J connectivity index is 1.49. The number of likely N-dealkylation sites (tertiary alicyclic amines) is 1. The summed E-state index contributed by atoms with van der Waals surface area (Å²) in [6, 6.07) is 12.5. The maximum absolute atomic E-state index is 12.1. The Morgan fingerprint density at radius 1 is 1.17 bits per heavy atom. The lowest BCUT2D eigenvalue weighted by Gasteiger charge is -2.43. The summed E-state index contributed by atoms with van der Waals surface area (Å²) >= 11 is 0. The highest BCUT2D eigenvalue weighted by molar-refractivity contribution is 5.81. The molecule has 23 heavy (non-hydrogen) atoms. The van der Waals surface area contributed by atoms with Crippen LogP contribution in [0.5, 0.6) is 0 Å². The van der Waals surface area contributed by atoms with E-state index in [9.17, 15) is 4.79 Å². The van der Waals surface area contributed by atoms with Gasteiger partial charge >= 0.3 is 0 Å². The molecule has 1 aromatic heterocycles. The van der Waals surface area contributed by atoms with Gasteiger partial charge in [0.05, 0.1) is 12.5 Å². The van der Waals surface area contributed by atoms with Gasteiger partial charge in [-0.1, -0.05) is 30.3 Å². The molecule has 3 heterocycles. The van der Waals surface area contributed by atoms with Crippen molar-refractivity contribution in [2.75, 3.05) is 13.1 Å². The molecule has 2 aliphatic rings. The van der Waals surface area contributed by atoms with Gasteiger partial charge in [-0.15, -0.1) is 0 Å². The summed E-state index contributed by atoms with van der Waals surface area (Å²) in [7, 11) is 0. The van der Waals surface area contributed by atoms with Gasteiger partial charge in [0.2, 0.25) is 5.91 Å². The molecular formula is C19H22N2O2. The smallest absolute Gasteiger partial charge is 0.221 e. The Labute approximate surface area is 136 Å². The third-order valence-electron chi connectivity index (χ3n) is 5.38. The van der Waals surface area contributed by atoms with Crippen molar-refractivity contribution >= 4 is 5.91 Å². The Morgan fingerprint density at radius 3 is 2.65 bits per heavy atom. The lowest BCUT2D eigenvalue weighted by Crippen LogP contribution is -2.53. The van der Waals surface area contributed by atoms with Crippen molar-refractivity contribution in [1.82, 2.24) is 10.2 Å². The molecule has 1 N–H and O–H groups in total. The number of piperidine rings is 1. The fourth-order valence-electron chi connectivity index (χ4n) is 4.14. The van der Waals surface area contributed by atoms with Crippen LogP contribution in [0.15, 0.2) is 53.3 Å². The second-order valence-corrected chi connectivity index (χ2v) is 6.78. The molecule has 1 aromatic carbocycles. The van der Waals surface area contributed by atoms with Crippen LogP contribution in [0.4, 0.5) is 0 Å². The third-order valence-corrected chi connectivity index (χ3v) is 5.38. The maximum atomic E-state index is 12.1. The van der Waals surface area contributed by atoms with Crippen LogP contribution in [0.2, 0.25) is 0 Å². The van der Waals surface area contributed by atoms with Gasteiger partial charge in [0, 0.05) is 43.1 Å². The van der Waals surface area contributed by atoms with Crippen LogP contribution in [0.3, 0.4) is 0 Å². The molecule has 0 saturated carbocycles. The number of hydrogen-bond donors (Lipinski definition) is 1. The fraction of sp³-hybridized carbons (Fsp3) is 0.421. The summed E-state index contributed by atoms with van der Waals surface area (Å²) in [6.45, 7) is 2.94. The molecule has 0 aliphatic carbocycles. The minimum Gasteiger partial charge on any atom is -0.472 e. The molecule has 2 aromatic rings. The Kier molecular flexibility index (Phi) is 3.69. The van der Waals surface area contributed by atoms with E-state index < -0.39 is 0 Å². The zero-order valence-electron chi connectivity index (χ0n) is 13.2. The fourth-order valence-corrected chi connectivity index (χ4v) is 4.14. The van der Waals surface area contributed by atoms with Gasteiger partial charge in [0.25, 0.3) is 0 Å². The molecular weight excluding hydrogens is 288 g/mol. The second kappa shape index (κ2) is 5.85. The number of amides is 1. The van der Waals surface area contributed by atoms with Crippen LogP contribution in [0, 0.1) is 0 Å². The van der Waals surface area contributed by atoms with Crippen molar-refractivity contribution in [3.8, 4) is 0 Å². The van der Waals surface area contributed by atoms with Crippen molar-refractivity contribution in [3.63, 3.8) is 0 Å². The number of furan rings is 1.